The summed E-state index contributed by atoms with van der Waals surface area (Å²) in [5.74, 6) is 2.13. The number of halogens is 1. The van der Waals surface area contributed by atoms with Gasteiger partial charge in [0.25, 0.3) is 0 Å². The third-order valence-corrected chi connectivity index (χ3v) is 6.73. The van der Waals surface area contributed by atoms with Crippen molar-refractivity contribution < 1.29 is 0 Å². The molecule has 0 spiro atoms. The van der Waals surface area contributed by atoms with Crippen LogP contribution in [-0.2, 0) is 0 Å². The molecule has 3 heterocycles. The van der Waals surface area contributed by atoms with Crippen LogP contribution in [0.1, 0.15) is 59.5 Å². The van der Waals surface area contributed by atoms with Crippen LogP contribution in [0.15, 0.2) is 30.5 Å². The van der Waals surface area contributed by atoms with Gasteiger partial charge in [0.05, 0.1) is 23.6 Å². The van der Waals surface area contributed by atoms with Gasteiger partial charge in [0.2, 0.25) is 0 Å². The summed E-state index contributed by atoms with van der Waals surface area (Å²) >= 11 is 7.42. The van der Waals surface area contributed by atoms with Crippen molar-refractivity contribution in [2.75, 3.05) is 16.8 Å². The lowest BCUT2D eigenvalue weighted by molar-refractivity contribution is 0.706. The number of nitrogens with zero attached hydrogens (tertiary/aromatic N) is 5. The fourth-order valence-electron chi connectivity index (χ4n) is 4.07. The smallest absolute Gasteiger partial charge is 0.189 e. The largest absolute Gasteiger partial charge is 0.348 e. The van der Waals surface area contributed by atoms with Crippen molar-refractivity contribution in [2.24, 2.45) is 0 Å². The summed E-state index contributed by atoms with van der Waals surface area (Å²) in [5, 5.41) is 13.9. The molecule has 8 heteroatoms. The van der Waals surface area contributed by atoms with Crippen LogP contribution in [0.25, 0.3) is 0 Å². The molecule has 5 rings (SSSR count). The minimum atomic E-state index is 0.264. The zero-order chi connectivity index (χ0) is 20.7. The van der Waals surface area contributed by atoms with Crippen LogP contribution in [0.4, 0.5) is 16.8 Å². The van der Waals surface area contributed by atoms with Gasteiger partial charge >= 0.3 is 0 Å². The highest BCUT2D eigenvalue weighted by Gasteiger charge is 2.33. The predicted molar refractivity (Wildman–Crippen MR) is 120 cm³/mol. The van der Waals surface area contributed by atoms with Gasteiger partial charge in [0, 0.05) is 17.5 Å². The van der Waals surface area contributed by atoms with Crippen LogP contribution in [0, 0.1) is 18.3 Å². The Labute approximate surface area is 184 Å². The lowest BCUT2D eigenvalue weighted by Gasteiger charge is -2.28. The van der Waals surface area contributed by atoms with Crippen LogP contribution >= 0.6 is 22.9 Å². The number of anilines is 3. The number of thiazole rings is 1. The van der Waals surface area contributed by atoms with Gasteiger partial charge in [0.1, 0.15) is 10.9 Å². The summed E-state index contributed by atoms with van der Waals surface area (Å²) in [6.07, 6.45) is 6.05. The third-order valence-electron chi connectivity index (χ3n) is 5.66. The number of hydrogen-bond donors (Lipinski definition) is 1. The Hall–Kier alpha value is -2.69. The molecule has 1 aliphatic heterocycles. The Morgan fingerprint density at radius 3 is 2.70 bits per heavy atom. The van der Waals surface area contributed by atoms with E-state index in [1.807, 2.05) is 19.1 Å². The van der Waals surface area contributed by atoms with Crippen molar-refractivity contribution in [2.45, 2.75) is 44.6 Å². The standard InChI is InChI=1S/C22H21ClN6S/c1-13-21(29-10-2-3-18(29)14-6-8-16(23)9-7-14)27-20(19(26-13)15-4-5-15)28-22-25-12-17(11-24)30-22/h6-9,12,15,18H,2-5,10H2,1H3,(H,25,27,28). The first kappa shape index (κ1) is 19.3. The van der Waals surface area contributed by atoms with E-state index in [-0.39, 0.29) is 6.04 Å². The molecule has 3 aromatic rings. The molecule has 152 valence electrons. The molecule has 1 atom stereocenters. The monoisotopic (exact) mass is 436 g/mol. The van der Waals surface area contributed by atoms with Gasteiger partial charge in [-0.05, 0) is 50.3 Å². The molecule has 1 N–H and O–H groups in total. The van der Waals surface area contributed by atoms with Crippen molar-refractivity contribution in [3.8, 4) is 6.07 Å². The fourth-order valence-corrected chi connectivity index (χ4v) is 4.81. The van der Waals surface area contributed by atoms with Crippen molar-refractivity contribution in [1.29, 1.82) is 5.26 Å². The first-order valence-electron chi connectivity index (χ1n) is 10.2. The lowest BCUT2D eigenvalue weighted by Crippen LogP contribution is -2.25. The number of nitrogens with one attached hydrogen (secondary N) is 1. The lowest BCUT2D eigenvalue weighted by atomic mass is 10.0. The summed E-state index contributed by atoms with van der Waals surface area (Å²) in [5.41, 5.74) is 3.21. The average Bonchev–Trinajstić information content (AvgIpc) is 3.30. The van der Waals surface area contributed by atoms with Crippen molar-refractivity contribution in [1.82, 2.24) is 15.0 Å². The van der Waals surface area contributed by atoms with E-state index in [2.05, 4.69) is 33.4 Å². The molecule has 0 radical (unpaired) electrons. The second-order valence-corrected chi connectivity index (χ2v) is 9.28. The molecule has 6 nitrogen and oxygen atoms in total. The predicted octanol–water partition coefficient (Wildman–Crippen LogP) is 5.73. The van der Waals surface area contributed by atoms with E-state index >= 15 is 0 Å². The second kappa shape index (κ2) is 7.86. The van der Waals surface area contributed by atoms with Crippen molar-refractivity contribution in [3.05, 3.63) is 57.3 Å². The first-order chi connectivity index (χ1) is 14.6. The second-order valence-electron chi connectivity index (χ2n) is 7.81. The van der Waals surface area contributed by atoms with Gasteiger partial charge in [-0.2, -0.15) is 5.26 Å². The number of aryl methyl sites for hydroxylation is 1. The highest BCUT2D eigenvalue weighted by atomic mass is 35.5. The summed E-state index contributed by atoms with van der Waals surface area (Å²) in [6, 6.07) is 10.5. The summed E-state index contributed by atoms with van der Waals surface area (Å²) in [6.45, 7) is 2.99. The van der Waals surface area contributed by atoms with Crippen LogP contribution in [0.3, 0.4) is 0 Å². The highest BCUT2D eigenvalue weighted by molar-refractivity contribution is 7.16. The number of benzene rings is 1. The normalized spacial score (nSPS) is 18.4. The molecule has 2 fully saturated rings. The van der Waals surface area contributed by atoms with Gasteiger partial charge in [-0.25, -0.2) is 9.97 Å². The summed E-state index contributed by atoms with van der Waals surface area (Å²) in [7, 11) is 0. The van der Waals surface area contributed by atoms with Crippen LogP contribution in [-0.4, -0.2) is 21.5 Å². The Bertz CT molecular complexity index is 1120. The number of rotatable bonds is 5. The van der Waals surface area contributed by atoms with Crippen molar-refractivity contribution >= 4 is 39.7 Å². The Kier molecular flexibility index (Phi) is 5.05. The van der Waals surface area contributed by atoms with Gasteiger partial charge in [-0.3, -0.25) is 4.98 Å². The quantitative estimate of drug-likeness (QED) is 0.550. The molecule has 1 saturated carbocycles. The van der Waals surface area contributed by atoms with E-state index in [0.29, 0.717) is 15.9 Å². The first-order valence-corrected chi connectivity index (χ1v) is 11.4. The molecule has 0 bridgehead atoms. The van der Waals surface area contributed by atoms with Crippen LogP contribution in [0.2, 0.25) is 5.02 Å². The molecule has 1 unspecified atom stereocenters. The molecule has 30 heavy (non-hydrogen) atoms. The van der Waals surface area contributed by atoms with E-state index in [4.69, 9.17) is 26.8 Å². The molecule has 0 amide bonds. The van der Waals surface area contributed by atoms with E-state index in [0.717, 1.165) is 60.3 Å². The summed E-state index contributed by atoms with van der Waals surface area (Å²) < 4.78 is 0. The minimum absolute atomic E-state index is 0.264. The van der Waals surface area contributed by atoms with Crippen molar-refractivity contribution in [3.63, 3.8) is 0 Å². The maximum absolute atomic E-state index is 9.10. The zero-order valence-electron chi connectivity index (χ0n) is 16.6. The van der Waals surface area contributed by atoms with Gasteiger partial charge in [-0.15, -0.1) is 0 Å². The van der Waals surface area contributed by atoms with E-state index in [9.17, 15) is 0 Å². The fraction of sp³-hybridized carbons (Fsp3) is 0.364. The van der Waals surface area contributed by atoms with E-state index in [1.54, 1.807) is 6.20 Å². The minimum Gasteiger partial charge on any atom is -0.348 e. The number of aromatic nitrogens is 3. The van der Waals surface area contributed by atoms with E-state index < -0.39 is 0 Å². The third kappa shape index (κ3) is 3.73. The van der Waals surface area contributed by atoms with E-state index in [1.165, 1.54) is 16.9 Å². The number of hydrogen-bond acceptors (Lipinski definition) is 7. The molecule has 2 aliphatic rings. The summed E-state index contributed by atoms with van der Waals surface area (Å²) in [4.78, 5) is 17.3. The number of nitriles is 1. The average molecular weight is 437 g/mol. The Morgan fingerprint density at radius 2 is 2.00 bits per heavy atom. The van der Waals surface area contributed by atoms with Gasteiger partial charge in [-0.1, -0.05) is 35.1 Å². The maximum Gasteiger partial charge on any atom is 0.189 e. The van der Waals surface area contributed by atoms with Gasteiger partial charge < -0.3 is 10.2 Å². The molecule has 1 aromatic carbocycles. The molecular formula is C22H21ClN6S. The topological polar surface area (TPSA) is 77.7 Å². The van der Waals surface area contributed by atoms with Crippen LogP contribution in [0.5, 0.6) is 0 Å². The Balaban J connectivity index is 1.51. The Morgan fingerprint density at radius 1 is 1.20 bits per heavy atom. The molecule has 2 aromatic heterocycles. The molecule has 1 aliphatic carbocycles. The molecular weight excluding hydrogens is 416 g/mol. The SMILES string of the molecule is Cc1nc(C2CC2)c(Nc2ncc(C#N)s2)nc1N1CCCC1c1ccc(Cl)cc1. The maximum atomic E-state index is 9.10. The molecule has 1 saturated heterocycles. The highest BCUT2D eigenvalue weighted by Crippen LogP contribution is 2.44. The van der Waals surface area contributed by atoms with Crippen LogP contribution < -0.4 is 10.2 Å². The zero-order valence-corrected chi connectivity index (χ0v) is 18.2. The van der Waals surface area contributed by atoms with Gasteiger partial charge in [0.15, 0.2) is 16.8 Å².